The molecule has 1 aliphatic rings. The Labute approximate surface area is 94.6 Å². The molecule has 0 aliphatic carbocycles. The molecule has 4 N–H and O–H groups in total. The molecule has 0 saturated carbocycles. The summed E-state index contributed by atoms with van der Waals surface area (Å²) in [7, 11) is 1.97. The third-order valence-electron chi connectivity index (χ3n) is 2.94. The van der Waals surface area contributed by atoms with Crippen molar-refractivity contribution in [3.63, 3.8) is 0 Å². The van der Waals surface area contributed by atoms with Crippen LogP contribution in [0.15, 0.2) is 6.07 Å². The summed E-state index contributed by atoms with van der Waals surface area (Å²) in [5, 5.41) is 0. The first-order valence-electron chi connectivity index (χ1n) is 5.32. The maximum atomic E-state index is 5.64. The van der Waals surface area contributed by atoms with E-state index in [4.69, 9.17) is 16.2 Å². The average molecular weight is 223 g/mol. The first kappa shape index (κ1) is 10.9. The predicted octanol–water partition coefficient (Wildman–Crippen LogP) is 0.255. The summed E-state index contributed by atoms with van der Waals surface area (Å²) in [4.78, 5) is 10.1. The molecule has 1 aliphatic heterocycles. The van der Waals surface area contributed by atoms with Crippen molar-refractivity contribution in [3.8, 4) is 0 Å². The van der Waals surface area contributed by atoms with Gasteiger partial charge in [0.25, 0.3) is 0 Å². The molecule has 2 atom stereocenters. The molecule has 6 heteroatoms. The third kappa shape index (κ3) is 2.01. The SMILES string of the molecule is CC1OCCC1N(C)c1cc(N)nc(N)n1. The van der Waals surface area contributed by atoms with Gasteiger partial charge in [0, 0.05) is 19.7 Å². The van der Waals surface area contributed by atoms with Crippen molar-refractivity contribution < 1.29 is 4.74 Å². The minimum atomic E-state index is 0.197. The van der Waals surface area contributed by atoms with E-state index in [1.807, 2.05) is 11.9 Å². The lowest BCUT2D eigenvalue weighted by Crippen LogP contribution is -2.37. The van der Waals surface area contributed by atoms with Crippen LogP contribution in [0.5, 0.6) is 0 Å². The molecule has 2 rings (SSSR count). The lowest BCUT2D eigenvalue weighted by Gasteiger charge is -2.27. The highest BCUT2D eigenvalue weighted by molar-refractivity contribution is 5.50. The number of hydrogen-bond acceptors (Lipinski definition) is 6. The van der Waals surface area contributed by atoms with E-state index in [9.17, 15) is 0 Å². The minimum Gasteiger partial charge on any atom is -0.383 e. The fraction of sp³-hybridized carbons (Fsp3) is 0.600. The molecule has 88 valence electrons. The molecular formula is C10H17N5O. The summed E-state index contributed by atoms with van der Waals surface area (Å²) in [5.41, 5.74) is 11.2. The van der Waals surface area contributed by atoms with Gasteiger partial charge in [-0.15, -0.1) is 0 Å². The number of likely N-dealkylation sites (N-methyl/N-ethyl adjacent to an activating group) is 1. The molecule has 2 unspecified atom stereocenters. The predicted molar refractivity (Wildman–Crippen MR) is 63.1 cm³/mol. The molecule has 1 fully saturated rings. The van der Waals surface area contributed by atoms with Crippen molar-refractivity contribution in [2.45, 2.75) is 25.5 Å². The molecule has 16 heavy (non-hydrogen) atoms. The van der Waals surface area contributed by atoms with Crippen molar-refractivity contribution in [1.82, 2.24) is 9.97 Å². The molecule has 0 spiro atoms. The Kier molecular flexibility index (Phi) is 2.82. The van der Waals surface area contributed by atoms with Gasteiger partial charge in [-0.05, 0) is 13.3 Å². The highest BCUT2D eigenvalue weighted by Crippen LogP contribution is 2.23. The Hall–Kier alpha value is -1.56. The van der Waals surface area contributed by atoms with Gasteiger partial charge in [0.05, 0.1) is 12.1 Å². The zero-order valence-corrected chi connectivity index (χ0v) is 9.55. The first-order chi connectivity index (χ1) is 7.58. The van der Waals surface area contributed by atoms with Crippen LogP contribution in [-0.2, 0) is 4.74 Å². The van der Waals surface area contributed by atoms with Crippen LogP contribution in [0, 0.1) is 0 Å². The summed E-state index contributed by atoms with van der Waals surface area (Å²) in [6.07, 6.45) is 1.18. The number of anilines is 3. The zero-order chi connectivity index (χ0) is 11.7. The van der Waals surface area contributed by atoms with Gasteiger partial charge in [0.1, 0.15) is 11.6 Å². The highest BCUT2D eigenvalue weighted by Gasteiger charge is 2.28. The maximum absolute atomic E-state index is 5.64. The second kappa shape index (κ2) is 4.13. The first-order valence-corrected chi connectivity index (χ1v) is 5.32. The van der Waals surface area contributed by atoms with Crippen molar-refractivity contribution in [2.24, 2.45) is 0 Å². The van der Waals surface area contributed by atoms with Gasteiger partial charge in [-0.25, -0.2) is 0 Å². The van der Waals surface area contributed by atoms with Gasteiger partial charge in [-0.2, -0.15) is 9.97 Å². The van der Waals surface area contributed by atoms with Crippen LogP contribution >= 0.6 is 0 Å². The van der Waals surface area contributed by atoms with E-state index in [1.54, 1.807) is 6.07 Å². The lowest BCUT2D eigenvalue weighted by atomic mass is 10.1. The summed E-state index contributed by atoms with van der Waals surface area (Å²) in [6.45, 7) is 2.84. The Morgan fingerprint density at radius 1 is 1.44 bits per heavy atom. The van der Waals surface area contributed by atoms with Gasteiger partial charge in [0.15, 0.2) is 0 Å². The zero-order valence-electron chi connectivity index (χ0n) is 9.55. The molecule has 0 bridgehead atoms. The van der Waals surface area contributed by atoms with Crippen LogP contribution in [0.4, 0.5) is 17.6 Å². The number of nitrogens with zero attached hydrogens (tertiary/aromatic N) is 3. The van der Waals surface area contributed by atoms with Crippen molar-refractivity contribution in [1.29, 1.82) is 0 Å². The van der Waals surface area contributed by atoms with Gasteiger partial charge < -0.3 is 21.1 Å². The van der Waals surface area contributed by atoms with Crippen LogP contribution in [-0.4, -0.2) is 35.8 Å². The lowest BCUT2D eigenvalue weighted by molar-refractivity contribution is 0.118. The van der Waals surface area contributed by atoms with E-state index < -0.39 is 0 Å². The fourth-order valence-corrected chi connectivity index (χ4v) is 2.05. The number of rotatable bonds is 2. The smallest absolute Gasteiger partial charge is 0.223 e. The molecule has 0 aromatic carbocycles. The van der Waals surface area contributed by atoms with Crippen molar-refractivity contribution >= 4 is 17.6 Å². The highest BCUT2D eigenvalue weighted by atomic mass is 16.5. The monoisotopic (exact) mass is 223 g/mol. The largest absolute Gasteiger partial charge is 0.383 e. The molecule has 2 heterocycles. The van der Waals surface area contributed by atoms with Crippen LogP contribution in [0.25, 0.3) is 0 Å². The molecule has 1 aromatic heterocycles. The second-order valence-electron chi connectivity index (χ2n) is 4.05. The summed E-state index contributed by atoms with van der Waals surface area (Å²) < 4.78 is 5.52. The summed E-state index contributed by atoms with van der Waals surface area (Å²) in [6, 6.07) is 2.04. The molecular weight excluding hydrogens is 206 g/mol. The van der Waals surface area contributed by atoms with Gasteiger partial charge in [-0.3, -0.25) is 0 Å². The van der Waals surface area contributed by atoms with E-state index in [2.05, 4.69) is 16.9 Å². The Bertz CT molecular complexity index is 363. The van der Waals surface area contributed by atoms with E-state index in [1.165, 1.54) is 0 Å². The van der Waals surface area contributed by atoms with Crippen LogP contribution in [0.3, 0.4) is 0 Å². The van der Waals surface area contributed by atoms with Crippen LogP contribution in [0.2, 0.25) is 0 Å². The van der Waals surface area contributed by atoms with Gasteiger partial charge in [-0.1, -0.05) is 0 Å². The number of nitrogens with two attached hydrogens (primary N) is 2. The van der Waals surface area contributed by atoms with E-state index in [0.29, 0.717) is 11.9 Å². The van der Waals surface area contributed by atoms with E-state index >= 15 is 0 Å². The minimum absolute atomic E-state index is 0.197. The van der Waals surface area contributed by atoms with Crippen molar-refractivity contribution in [2.75, 3.05) is 30.0 Å². The Morgan fingerprint density at radius 3 is 2.75 bits per heavy atom. The fourth-order valence-electron chi connectivity index (χ4n) is 2.05. The van der Waals surface area contributed by atoms with Crippen LogP contribution in [0.1, 0.15) is 13.3 Å². The number of ether oxygens (including phenoxy) is 1. The molecule has 1 saturated heterocycles. The quantitative estimate of drug-likeness (QED) is 0.747. The Morgan fingerprint density at radius 2 is 2.19 bits per heavy atom. The Balaban J connectivity index is 2.22. The van der Waals surface area contributed by atoms with E-state index in [-0.39, 0.29) is 12.1 Å². The van der Waals surface area contributed by atoms with Gasteiger partial charge in [0.2, 0.25) is 5.95 Å². The average Bonchev–Trinajstić information content (AvgIpc) is 2.62. The molecule has 1 aromatic rings. The standard InChI is InChI=1S/C10H17N5O/c1-6-7(3-4-16-6)15(2)9-5-8(11)13-10(12)14-9/h5-7H,3-4H2,1-2H3,(H4,11,12,13,14). The summed E-state index contributed by atoms with van der Waals surface area (Å²) in [5.74, 6) is 1.33. The van der Waals surface area contributed by atoms with E-state index in [0.717, 1.165) is 18.8 Å². The molecule has 0 amide bonds. The molecule has 6 nitrogen and oxygen atoms in total. The van der Waals surface area contributed by atoms with Crippen molar-refractivity contribution in [3.05, 3.63) is 6.07 Å². The third-order valence-corrected chi connectivity index (χ3v) is 2.94. The summed E-state index contributed by atoms with van der Waals surface area (Å²) >= 11 is 0. The second-order valence-corrected chi connectivity index (χ2v) is 4.05. The normalized spacial score (nSPS) is 24.6. The number of hydrogen-bond donors (Lipinski definition) is 2. The van der Waals surface area contributed by atoms with Crippen LogP contribution < -0.4 is 16.4 Å². The molecule has 0 radical (unpaired) electrons. The van der Waals surface area contributed by atoms with Gasteiger partial charge >= 0.3 is 0 Å². The maximum Gasteiger partial charge on any atom is 0.223 e. The topological polar surface area (TPSA) is 90.3 Å². The number of aromatic nitrogens is 2. The number of nitrogen functional groups attached to an aromatic ring is 2.